The second kappa shape index (κ2) is 9.25. The lowest BCUT2D eigenvalue weighted by Gasteiger charge is -2.36. The summed E-state index contributed by atoms with van der Waals surface area (Å²) in [6, 6.07) is 9.48. The molecule has 0 saturated carbocycles. The van der Waals surface area contributed by atoms with Gasteiger partial charge in [0.05, 0.1) is 6.04 Å². The molecule has 6 heteroatoms. The summed E-state index contributed by atoms with van der Waals surface area (Å²) in [7, 11) is 0. The minimum atomic E-state index is -0.384. The van der Waals surface area contributed by atoms with Crippen LogP contribution in [0.3, 0.4) is 0 Å². The van der Waals surface area contributed by atoms with E-state index in [2.05, 4.69) is 0 Å². The van der Waals surface area contributed by atoms with Crippen molar-refractivity contribution in [2.75, 3.05) is 26.3 Å². The van der Waals surface area contributed by atoms with Gasteiger partial charge in [0.15, 0.2) is 0 Å². The molecule has 5 nitrogen and oxygen atoms in total. The van der Waals surface area contributed by atoms with Crippen LogP contribution in [0.4, 0.5) is 0 Å². The first-order valence-corrected chi connectivity index (χ1v) is 8.58. The Labute approximate surface area is 149 Å². The second-order valence-electron chi connectivity index (χ2n) is 6.43. The molecule has 2 aliphatic rings. The predicted molar refractivity (Wildman–Crippen MR) is 95.4 cm³/mol. The van der Waals surface area contributed by atoms with Crippen LogP contribution in [0.2, 0.25) is 0 Å². The molecule has 24 heavy (non-hydrogen) atoms. The third-order valence-electron chi connectivity index (χ3n) is 4.86. The summed E-state index contributed by atoms with van der Waals surface area (Å²) >= 11 is 0. The SMILES string of the molecule is Cl.NC(C(=O)N1CCC(Oc2ccccc2)CC1)C1CCOCC1. The number of carbonyl (C=O) groups excluding carboxylic acids is 1. The summed E-state index contributed by atoms with van der Waals surface area (Å²) in [5.74, 6) is 1.25. The molecular weight excluding hydrogens is 328 g/mol. The molecule has 0 aliphatic carbocycles. The second-order valence-corrected chi connectivity index (χ2v) is 6.43. The van der Waals surface area contributed by atoms with Gasteiger partial charge in [0, 0.05) is 39.1 Å². The van der Waals surface area contributed by atoms with Gasteiger partial charge in [-0.2, -0.15) is 0 Å². The van der Waals surface area contributed by atoms with E-state index in [1.165, 1.54) is 0 Å². The first-order valence-electron chi connectivity index (χ1n) is 8.58. The van der Waals surface area contributed by atoms with Gasteiger partial charge in [-0.05, 0) is 30.9 Å². The Hall–Kier alpha value is -1.30. The molecule has 1 atom stereocenters. The molecule has 0 spiro atoms. The van der Waals surface area contributed by atoms with Gasteiger partial charge in [-0.3, -0.25) is 4.79 Å². The van der Waals surface area contributed by atoms with Gasteiger partial charge in [0.1, 0.15) is 11.9 Å². The normalized spacial score (nSPS) is 21.0. The van der Waals surface area contributed by atoms with E-state index in [4.69, 9.17) is 15.2 Å². The molecule has 2 N–H and O–H groups in total. The number of nitrogens with zero attached hydrogens (tertiary/aromatic N) is 1. The number of hydrogen-bond acceptors (Lipinski definition) is 4. The van der Waals surface area contributed by atoms with E-state index >= 15 is 0 Å². The number of carbonyl (C=O) groups is 1. The molecule has 2 heterocycles. The van der Waals surface area contributed by atoms with Crippen molar-refractivity contribution in [3.8, 4) is 5.75 Å². The van der Waals surface area contributed by atoms with Gasteiger partial charge in [0.2, 0.25) is 5.91 Å². The van der Waals surface area contributed by atoms with E-state index in [0.717, 1.165) is 57.7 Å². The molecule has 0 bridgehead atoms. The maximum atomic E-state index is 12.6. The zero-order chi connectivity index (χ0) is 16.1. The highest BCUT2D eigenvalue weighted by Crippen LogP contribution is 2.22. The van der Waals surface area contributed by atoms with Crippen LogP contribution < -0.4 is 10.5 Å². The number of benzene rings is 1. The number of rotatable bonds is 4. The minimum Gasteiger partial charge on any atom is -0.490 e. The smallest absolute Gasteiger partial charge is 0.239 e. The van der Waals surface area contributed by atoms with Crippen LogP contribution in [0.25, 0.3) is 0 Å². The maximum Gasteiger partial charge on any atom is 0.239 e. The largest absolute Gasteiger partial charge is 0.490 e. The fraction of sp³-hybridized carbons (Fsp3) is 0.611. The summed E-state index contributed by atoms with van der Waals surface area (Å²) in [5.41, 5.74) is 6.20. The monoisotopic (exact) mass is 354 g/mol. The van der Waals surface area contributed by atoms with Crippen LogP contribution in [-0.4, -0.2) is 49.3 Å². The number of likely N-dealkylation sites (tertiary alicyclic amines) is 1. The van der Waals surface area contributed by atoms with E-state index in [1.54, 1.807) is 0 Å². The molecule has 0 aromatic heterocycles. The van der Waals surface area contributed by atoms with Crippen molar-refractivity contribution in [2.24, 2.45) is 11.7 Å². The van der Waals surface area contributed by atoms with Crippen molar-refractivity contribution in [3.05, 3.63) is 30.3 Å². The molecule has 134 valence electrons. The van der Waals surface area contributed by atoms with Crippen molar-refractivity contribution in [2.45, 2.75) is 37.8 Å². The fourth-order valence-electron chi connectivity index (χ4n) is 3.37. The van der Waals surface area contributed by atoms with E-state index in [0.29, 0.717) is 0 Å². The number of hydrogen-bond donors (Lipinski definition) is 1. The molecule has 2 aliphatic heterocycles. The predicted octanol–water partition coefficient (Wildman–Crippen LogP) is 2.23. The van der Waals surface area contributed by atoms with E-state index < -0.39 is 0 Å². The third-order valence-corrected chi connectivity index (χ3v) is 4.86. The van der Waals surface area contributed by atoms with Crippen LogP contribution >= 0.6 is 12.4 Å². The first kappa shape index (κ1) is 19.0. The highest BCUT2D eigenvalue weighted by atomic mass is 35.5. The van der Waals surface area contributed by atoms with Gasteiger partial charge in [-0.15, -0.1) is 12.4 Å². The Morgan fingerprint density at radius 2 is 1.75 bits per heavy atom. The molecule has 0 radical (unpaired) electrons. The Bertz CT molecular complexity index is 500. The van der Waals surface area contributed by atoms with Gasteiger partial charge < -0.3 is 20.1 Å². The Morgan fingerprint density at radius 3 is 2.38 bits per heavy atom. The van der Waals surface area contributed by atoms with Crippen LogP contribution in [-0.2, 0) is 9.53 Å². The third kappa shape index (κ3) is 4.85. The topological polar surface area (TPSA) is 64.8 Å². The summed E-state index contributed by atoms with van der Waals surface area (Å²) in [4.78, 5) is 14.5. The van der Waals surface area contributed by atoms with Crippen LogP contribution in [0, 0.1) is 5.92 Å². The number of piperidine rings is 1. The maximum absolute atomic E-state index is 12.6. The van der Waals surface area contributed by atoms with Crippen molar-refractivity contribution in [1.29, 1.82) is 0 Å². The average Bonchev–Trinajstić information content (AvgIpc) is 2.63. The van der Waals surface area contributed by atoms with Gasteiger partial charge in [0.25, 0.3) is 0 Å². The van der Waals surface area contributed by atoms with Gasteiger partial charge >= 0.3 is 0 Å². The van der Waals surface area contributed by atoms with Crippen molar-refractivity contribution in [1.82, 2.24) is 4.90 Å². The molecular formula is C18H27ClN2O3. The quantitative estimate of drug-likeness (QED) is 0.900. The van der Waals surface area contributed by atoms with Gasteiger partial charge in [-0.1, -0.05) is 18.2 Å². The standard InChI is InChI=1S/C18H26N2O3.ClH/c19-17(14-8-12-22-13-9-14)18(21)20-10-6-16(7-11-20)23-15-4-2-1-3-5-15;/h1-5,14,16-17H,6-13,19H2;1H. The Kier molecular flexibility index (Phi) is 7.34. The lowest BCUT2D eigenvalue weighted by Crippen LogP contribution is -2.52. The molecule has 1 aromatic carbocycles. The zero-order valence-electron chi connectivity index (χ0n) is 13.9. The van der Waals surface area contributed by atoms with Crippen LogP contribution in [0.1, 0.15) is 25.7 Å². The highest BCUT2D eigenvalue weighted by molar-refractivity contribution is 5.85. The molecule has 1 unspecified atom stereocenters. The zero-order valence-corrected chi connectivity index (χ0v) is 14.7. The van der Waals surface area contributed by atoms with Crippen molar-refractivity contribution in [3.63, 3.8) is 0 Å². The number of amides is 1. The number of halogens is 1. The number of ether oxygens (including phenoxy) is 2. The molecule has 3 rings (SSSR count). The van der Waals surface area contributed by atoms with Crippen molar-refractivity contribution >= 4 is 18.3 Å². The lowest BCUT2D eigenvalue weighted by molar-refractivity contribution is -0.136. The van der Waals surface area contributed by atoms with E-state index in [-0.39, 0.29) is 36.4 Å². The van der Waals surface area contributed by atoms with Crippen molar-refractivity contribution < 1.29 is 14.3 Å². The molecule has 2 saturated heterocycles. The summed E-state index contributed by atoms with van der Waals surface area (Å²) < 4.78 is 11.3. The number of para-hydroxylation sites is 1. The highest BCUT2D eigenvalue weighted by Gasteiger charge is 2.32. The average molecular weight is 355 g/mol. The van der Waals surface area contributed by atoms with E-state index in [9.17, 15) is 4.79 Å². The first-order chi connectivity index (χ1) is 11.2. The summed E-state index contributed by atoms with van der Waals surface area (Å²) in [6.07, 6.45) is 3.68. The summed E-state index contributed by atoms with van der Waals surface area (Å²) in [5, 5.41) is 0. The minimum absolute atomic E-state index is 0. The fourth-order valence-corrected chi connectivity index (χ4v) is 3.37. The lowest BCUT2D eigenvalue weighted by atomic mass is 9.91. The summed E-state index contributed by atoms with van der Waals surface area (Å²) in [6.45, 7) is 2.90. The van der Waals surface area contributed by atoms with Crippen LogP contribution in [0.15, 0.2) is 30.3 Å². The Balaban J connectivity index is 0.00000208. The van der Waals surface area contributed by atoms with E-state index in [1.807, 2.05) is 35.2 Å². The molecule has 2 fully saturated rings. The molecule has 1 amide bonds. The number of nitrogens with two attached hydrogens (primary N) is 1. The van der Waals surface area contributed by atoms with Crippen LogP contribution in [0.5, 0.6) is 5.75 Å². The molecule has 1 aromatic rings. The van der Waals surface area contributed by atoms with Gasteiger partial charge in [-0.25, -0.2) is 0 Å². The Morgan fingerprint density at radius 1 is 1.12 bits per heavy atom.